The molecule has 0 aliphatic carbocycles. The number of rotatable bonds is 16. The van der Waals surface area contributed by atoms with Gasteiger partial charge in [0.2, 0.25) is 29.4 Å². The fourth-order valence-electron chi connectivity index (χ4n) is 5.96. The molecule has 2 aromatic heterocycles. The maximum Gasteiger partial charge on any atom is 0.286 e. The van der Waals surface area contributed by atoms with Crippen molar-refractivity contribution in [2.75, 3.05) is 6.54 Å². The first-order chi connectivity index (χ1) is 23.8. The minimum atomic E-state index is -0.946. The van der Waals surface area contributed by atoms with Gasteiger partial charge in [0.05, 0.1) is 6.04 Å². The number of nitrogens with one attached hydrogen (secondary N) is 3. The molecule has 3 aromatic rings. The molecule has 1 aliphatic heterocycles. The van der Waals surface area contributed by atoms with Crippen molar-refractivity contribution in [3.8, 4) is 11.5 Å². The van der Waals surface area contributed by atoms with Gasteiger partial charge in [-0.25, -0.2) is 0 Å². The number of hydrogen-bond donors (Lipinski definition) is 3. The number of nitrogens with zero attached hydrogens (tertiary/aromatic N) is 4. The van der Waals surface area contributed by atoms with Gasteiger partial charge in [-0.15, -0.1) is 10.2 Å². The number of benzene rings is 1. The van der Waals surface area contributed by atoms with Crippen LogP contribution in [0.1, 0.15) is 101 Å². The average molecular weight is 688 g/mol. The molecule has 0 bridgehead atoms. The zero-order chi connectivity index (χ0) is 36.4. The first-order valence-electron chi connectivity index (χ1n) is 17.3. The van der Waals surface area contributed by atoms with Crippen molar-refractivity contribution < 1.29 is 28.4 Å². The number of amides is 4. The quantitative estimate of drug-likeness (QED) is 0.146. The zero-order valence-electron chi connectivity index (χ0n) is 29.8. The number of pyridine rings is 1. The Morgan fingerprint density at radius 2 is 1.60 bits per heavy atom. The fraction of sp³-hybridized carbons (Fsp3) is 0.514. The average Bonchev–Trinajstić information content (AvgIpc) is 3.79. The van der Waals surface area contributed by atoms with E-state index in [1.165, 1.54) is 4.90 Å². The molecule has 1 fully saturated rings. The molecular weight excluding hydrogens is 638 g/mol. The molecule has 268 valence electrons. The summed E-state index contributed by atoms with van der Waals surface area (Å²) in [5.41, 5.74) is 0.516. The maximum atomic E-state index is 13.8. The maximum absolute atomic E-state index is 13.8. The summed E-state index contributed by atoms with van der Waals surface area (Å²) in [4.78, 5) is 72.0. The van der Waals surface area contributed by atoms with Crippen LogP contribution >= 0.6 is 0 Å². The number of hydrogen-bond acceptors (Lipinski definition) is 9. The van der Waals surface area contributed by atoms with Crippen LogP contribution in [0.5, 0.6) is 0 Å². The van der Waals surface area contributed by atoms with Crippen LogP contribution in [0.4, 0.5) is 0 Å². The monoisotopic (exact) mass is 687 g/mol. The van der Waals surface area contributed by atoms with Crippen LogP contribution in [0.2, 0.25) is 0 Å². The third kappa shape index (κ3) is 10.1. The lowest BCUT2D eigenvalue weighted by atomic mass is 9.96. The number of ketones is 1. The van der Waals surface area contributed by atoms with Crippen LogP contribution in [0.15, 0.2) is 59.1 Å². The summed E-state index contributed by atoms with van der Waals surface area (Å²) in [7, 11) is 0. The molecule has 0 unspecified atom stereocenters. The number of carbonyl (C=O) groups excluding carboxylic acids is 5. The van der Waals surface area contributed by atoms with Gasteiger partial charge in [0.1, 0.15) is 17.8 Å². The molecule has 4 amide bonds. The summed E-state index contributed by atoms with van der Waals surface area (Å²) in [5.74, 6) is -2.33. The highest BCUT2D eigenvalue weighted by atomic mass is 16.4. The number of Topliss-reactive ketones (excluding diaryl/α,β-unsaturated/α-hetero) is 1. The van der Waals surface area contributed by atoms with E-state index in [0.717, 1.165) is 0 Å². The summed E-state index contributed by atoms with van der Waals surface area (Å²) >= 11 is 0. The third-order valence-corrected chi connectivity index (χ3v) is 8.80. The van der Waals surface area contributed by atoms with Gasteiger partial charge in [-0.3, -0.25) is 29.0 Å². The number of unbranched alkanes of at least 4 members (excludes halogenated alkanes) is 1. The van der Waals surface area contributed by atoms with Crippen molar-refractivity contribution >= 4 is 29.4 Å². The molecule has 13 nitrogen and oxygen atoms in total. The Morgan fingerprint density at radius 3 is 2.26 bits per heavy atom. The lowest BCUT2D eigenvalue weighted by molar-refractivity contribution is -0.142. The molecular formula is C37H49N7O6. The van der Waals surface area contributed by atoms with E-state index in [1.54, 1.807) is 50.4 Å². The summed E-state index contributed by atoms with van der Waals surface area (Å²) in [6.45, 7) is 11.5. The molecule has 3 N–H and O–H groups in total. The lowest BCUT2D eigenvalue weighted by Gasteiger charge is -2.31. The highest BCUT2D eigenvalue weighted by molar-refractivity contribution is 6.00. The van der Waals surface area contributed by atoms with E-state index in [-0.39, 0.29) is 47.8 Å². The first kappa shape index (κ1) is 37.9. The van der Waals surface area contributed by atoms with Gasteiger partial charge in [0, 0.05) is 30.3 Å². The topological polar surface area (TPSA) is 176 Å². The van der Waals surface area contributed by atoms with E-state index in [1.807, 2.05) is 45.9 Å². The second kappa shape index (κ2) is 17.1. The second-order valence-corrected chi connectivity index (χ2v) is 14.1. The van der Waals surface area contributed by atoms with E-state index < -0.39 is 35.4 Å². The van der Waals surface area contributed by atoms with E-state index in [2.05, 4.69) is 31.1 Å². The number of likely N-dealkylation sites (tertiary alicyclic amines) is 1. The van der Waals surface area contributed by atoms with Crippen LogP contribution in [0, 0.1) is 11.8 Å². The molecule has 1 saturated heterocycles. The van der Waals surface area contributed by atoms with Gasteiger partial charge in [-0.05, 0) is 75.6 Å². The molecule has 1 aliphatic rings. The molecule has 0 spiro atoms. The Bertz CT molecular complexity index is 1620. The molecule has 3 heterocycles. The fourth-order valence-corrected chi connectivity index (χ4v) is 5.96. The summed E-state index contributed by atoms with van der Waals surface area (Å²) in [5, 5.41) is 16.7. The highest BCUT2D eigenvalue weighted by Crippen LogP contribution is 2.23. The van der Waals surface area contributed by atoms with E-state index in [9.17, 15) is 24.0 Å². The van der Waals surface area contributed by atoms with Crippen LogP contribution in [-0.4, -0.2) is 79.7 Å². The Morgan fingerprint density at radius 1 is 0.900 bits per heavy atom. The highest BCUT2D eigenvalue weighted by Gasteiger charge is 2.40. The van der Waals surface area contributed by atoms with Gasteiger partial charge in [-0.2, -0.15) is 0 Å². The van der Waals surface area contributed by atoms with Crippen LogP contribution in [-0.2, 0) is 14.4 Å². The van der Waals surface area contributed by atoms with Gasteiger partial charge >= 0.3 is 0 Å². The molecule has 13 heteroatoms. The molecule has 4 rings (SSSR count). The van der Waals surface area contributed by atoms with Gasteiger partial charge in [-0.1, -0.05) is 58.4 Å². The first-order valence-corrected chi connectivity index (χ1v) is 17.3. The standard InChI is InChI=1S/C37H49N7O6/c1-23(2)29(31(46)35-43-42-34(50-35)25-15-8-7-9-16-25)40-33(48)27-18-14-22-44(27)36(49)30(24(3)4)39-28(45)19-10-12-20-37(5,6)41-32(47)26-17-11-13-21-38-26/h7-9,11,13,15-17,21,23-24,27,29-30H,10,12,14,18-20,22H2,1-6H3,(H,39,45)(H,40,48)(H,41,47)/t27-,29+,30+/m1/s1. The van der Waals surface area contributed by atoms with Crippen LogP contribution in [0.25, 0.3) is 11.5 Å². The summed E-state index contributed by atoms with van der Waals surface area (Å²) in [6, 6.07) is 11.7. The molecule has 0 radical (unpaired) electrons. The largest absolute Gasteiger partial charge is 0.414 e. The Hall–Kier alpha value is -4.94. The predicted octanol–water partition coefficient (Wildman–Crippen LogP) is 4.36. The normalized spacial score (nSPS) is 15.8. The van der Waals surface area contributed by atoms with Crippen molar-refractivity contribution in [1.82, 2.24) is 36.0 Å². The van der Waals surface area contributed by atoms with Crippen molar-refractivity contribution in [2.45, 2.75) is 104 Å². The molecule has 50 heavy (non-hydrogen) atoms. The van der Waals surface area contributed by atoms with Crippen molar-refractivity contribution in [3.05, 3.63) is 66.3 Å². The minimum Gasteiger partial charge on any atom is -0.414 e. The molecule has 3 atom stereocenters. The van der Waals surface area contributed by atoms with Gasteiger partial charge in [0.25, 0.3) is 11.8 Å². The Balaban J connectivity index is 1.31. The number of aromatic nitrogens is 3. The van der Waals surface area contributed by atoms with Gasteiger partial charge in [0.15, 0.2) is 0 Å². The number of carbonyl (C=O) groups is 5. The molecule has 1 aromatic carbocycles. The lowest BCUT2D eigenvalue weighted by Crippen LogP contribution is -2.57. The van der Waals surface area contributed by atoms with Gasteiger partial charge < -0.3 is 25.3 Å². The van der Waals surface area contributed by atoms with Crippen molar-refractivity contribution in [2.24, 2.45) is 11.8 Å². The van der Waals surface area contributed by atoms with Crippen molar-refractivity contribution in [1.29, 1.82) is 0 Å². The summed E-state index contributed by atoms with van der Waals surface area (Å²) in [6.07, 6.45) is 4.73. The van der Waals surface area contributed by atoms with E-state index in [4.69, 9.17) is 4.42 Å². The van der Waals surface area contributed by atoms with Crippen LogP contribution in [0.3, 0.4) is 0 Å². The smallest absolute Gasteiger partial charge is 0.286 e. The predicted molar refractivity (Wildman–Crippen MR) is 187 cm³/mol. The Labute approximate surface area is 293 Å². The summed E-state index contributed by atoms with van der Waals surface area (Å²) < 4.78 is 5.66. The second-order valence-electron chi connectivity index (χ2n) is 14.1. The third-order valence-electron chi connectivity index (χ3n) is 8.80. The SMILES string of the molecule is CC(C)[C@H](NC(=O)[C@H]1CCCN1C(=O)[C@@H](NC(=O)CCCCC(C)(C)NC(=O)c1ccccn1)C(C)C)C(=O)c1nnc(-c2ccccc2)o1. The zero-order valence-corrected chi connectivity index (χ0v) is 29.8. The van der Waals surface area contributed by atoms with Crippen molar-refractivity contribution in [3.63, 3.8) is 0 Å². The van der Waals surface area contributed by atoms with E-state index >= 15 is 0 Å². The van der Waals surface area contributed by atoms with E-state index in [0.29, 0.717) is 49.9 Å². The Kier molecular flexibility index (Phi) is 13.0. The minimum absolute atomic E-state index is 0.200. The van der Waals surface area contributed by atoms with Crippen LogP contribution < -0.4 is 16.0 Å². The molecule has 0 saturated carbocycles.